The first-order valence-corrected chi connectivity index (χ1v) is 13.3. The molecule has 0 radical (unpaired) electrons. The summed E-state index contributed by atoms with van der Waals surface area (Å²) < 4.78 is 31.4. The monoisotopic (exact) mass is 568 g/mol. The minimum Gasteiger partial charge on any atom is -0.319 e. The molecular formula is C30H28Cl2F2N4O. The van der Waals surface area contributed by atoms with E-state index < -0.39 is 41.0 Å². The molecule has 202 valence electrons. The molecular weight excluding hydrogens is 541 g/mol. The number of nitrogens with zero attached hydrogens (tertiary/aromatic N) is 3. The van der Waals surface area contributed by atoms with Crippen LogP contribution in [0.3, 0.4) is 0 Å². The van der Waals surface area contributed by atoms with Gasteiger partial charge < -0.3 is 10.2 Å². The summed E-state index contributed by atoms with van der Waals surface area (Å²) in [5.74, 6) is -2.85. The topological polar surface area (TPSA) is 79.9 Å². The number of allylic oxidation sites excluding steroid dienone is 3. The number of halogens is 4. The Morgan fingerprint density at radius 3 is 2.44 bits per heavy atom. The highest BCUT2D eigenvalue weighted by molar-refractivity contribution is 6.31. The molecule has 1 N–H and O–H groups in total. The molecule has 0 bridgehead atoms. The van der Waals surface area contributed by atoms with Gasteiger partial charge in [0.25, 0.3) is 0 Å². The van der Waals surface area contributed by atoms with Crippen molar-refractivity contribution in [2.24, 2.45) is 17.3 Å². The standard InChI is InChI=1S/C30H28Cl2F2N4O/c1-29(2,3)14-19-16-38(28(39)37-21-10-7-18(15-35)8-11-21)27(22-5-4-6-24(32)26(22)34)30(19,17-36)23-12-9-20(31)13-25(23)33/h4,6-13,19,22,27H,5,14,16H2,1-3H3,(H,37,39)/t19-,22?,27-,30-/m1/s1. The Balaban J connectivity index is 1.90. The highest BCUT2D eigenvalue weighted by atomic mass is 35.5. The average Bonchev–Trinajstić information content (AvgIpc) is 3.19. The summed E-state index contributed by atoms with van der Waals surface area (Å²) in [6.07, 6.45) is 3.78. The van der Waals surface area contributed by atoms with Crippen LogP contribution in [0.1, 0.15) is 44.7 Å². The molecule has 39 heavy (non-hydrogen) atoms. The average molecular weight is 569 g/mol. The van der Waals surface area contributed by atoms with Crippen molar-refractivity contribution < 1.29 is 13.6 Å². The van der Waals surface area contributed by atoms with E-state index in [9.17, 15) is 10.1 Å². The van der Waals surface area contributed by atoms with Gasteiger partial charge in [0.15, 0.2) is 0 Å². The van der Waals surface area contributed by atoms with Crippen molar-refractivity contribution in [3.8, 4) is 12.1 Å². The molecule has 2 aromatic rings. The summed E-state index contributed by atoms with van der Waals surface area (Å²) in [7, 11) is 0. The molecule has 1 aliphatic heterocycles. The Hall–Kier alpha value is -3.39. The molecule has 9 heteroatoms. The van der Waals surface area contributed by atoms with Crippen molar-refractivity contribution in [1.82, 2.24) is 4.90 Å². The Labute approximate surface area is 237 Å². The van der Waals surface area contributed by atoms with Crippen molar-refractivity contribution in [1.29, 1.82) is 10.5 Å². The summed E-state index contributed by atoms with van der Waals surface area (Å²) in [5, 5.41) is 22.9. The largest absolute Gasteiger partial charge is 0.322 e. The number of amides is 2. The van der Waals surface area contributed by atoms with Crippen LogP contribution < -0.4 is 5.32 Å². The van der Waals surface area contributed by atoms with Crippen LogP contribution in [-0.4, -0.2) is 23.5 Å². The third-order valence-electron chi connectivity index (χ3n) is 7.40. The van der Waals surface area contributed by atoms with E-state index in [4.69, 9.17) is 28.5 Å². The van der Waals surface area contributed by atoms with E-state index in [1.54, 1.807) is 30.3 Å². The lowest BCUT2D eigenvalue weighted by Gasteiger charge is -2.41. The Morgan fingerprint density at radius 1 is 1.15 bits per heavy atom. The lowest BCUT2D eigenvalue weighted by molar-refractivity contribution is 0.166. The number of rotatable bonds is 4. The number of carbonyl (C=O) groups excluding carboxylic acids is 1. The summed E-state index contributed by atoms with van der Waals surface area (Å²) in [6, 6.07) is 13.2. The normalized spacial score (nSPS) is 24.8. The maximum absolute atomic E-state index is 15.7. The molecule has 1 aliphatic carbocycles. The number of nitriles is 2. The molecule has 2 aliphatic rings. The van der Waals surface area contributed by atoms with Gasteiger partial charge in [0, 0.05) is 34.7 Å². The van der Waals surface area contributed by atoms with Gasteiger partial charge in [0.1, 0.15) is 17.1 Å². The molecule has 1 heterocycles. The molecule has 1 saturated heterocycles. The molecule has 0 aromatic heterocycles. The van der Waals surface area contributed by atoms with Gasteiger partial charge in [-0.05, 0) is 60.7 Å². The van der Waals surface area contributed by atoms with Crippen molar-refractivity contribution in [3.63, 3.8) is 0 Å². The second-order valence-electron chi connectivity index (χ2n) is 11.2. The molecule has 4 rings (SSSR count). The van der Waals surface area contributed by atoms with E-state index in [0.29, 0.717) is 17.7 Å². The number of likely N-dealkylation sites (tertiary alicyclic amines) is 1. The number of hydrogen-bond acceptors (Lipinski definition) is 3. The fourth-order valence-corrected chi connectivity index (χ4v) is 6.27. The maximum Gasteiger partial charge on any atom is 0.322 e. The first-order valence-electron chi connectivity index (χ1n) is 12.6. The van der Waals surface area contributed by atoms with Crippen molar-refractivity contribution in [2.75, 3.05) is 11.9 Å². The lowest BCUT2D eigenvalue weighted by Crippen LogP contribution is -2.52. The second-order valence-corrected chi connectivity index (χ2v) is 12.1. The fourth-order valence-electron chi connectivity index (χ4n) is 5.88. The van der Waals surface area contributed by atoms with Crippen LogP contribution in [0.4, 0.5) is 19.3 Å². The summed E-state index contributed by atoms with van der Waals surface area (Å²) >= 11 is 12.3. The predicted octanol–water partition coefficient (Wildman–Crippen LogP) is 8.08. The molecule has 2 aromatic carbocycles. The van der Waals surface area contributed by atoms with Gasteiger partial charge in [-0.3, -0.25) is 0 Å². The van der Waals surface area contributed by atoms with Crippen LogP contribution in [-0.2, 0) is 5.41 Å². The van der Waals surface area contributed by atoms with Crippen LogP contribution >= 0.6 is 23.2 Å². The van der Waals surface area contributed by atoms with E-state index in [0.717, 1.165) is 6.07 Å². The van der Waals surface area contributed by atoms with Crippen LogP contribution in [0.5, 0.6) is 0 Å². The Bertz CT molecular complexity index is 1420. The molecule has 2 amide bonds. The van der Waals surface area contributed by atoms with Gasteiger partial charge in [0.05, 0.1) is 28.8 Å². The number of nitrogens with one attached hydrogen (secondary N) is 1. The zero-order valence-corrected chi connectivity index (χ0v) is 23.3. The quantitative estimate of drug-likeness (QED) is 0.404. The zero-order valence-electron chi connectivity index (χ0n) is 21.8. The lowest BCUT2D eigenvalue weighted by atomic mass is 9.62. The second kappa shape index (κ2) is 11.0. The summed E-state index contributed by atoms with van der Waals surface area (Å²) in [6.45, 7) is 6.10. The van der Waals surface area contributed by atoms with E-state index in [1.807, 2.05) is 26.8 Å². The molecule has 0 saturated carbocycles. The van der Waals surface area contributed by atoms with Gasteiger partial charge in [-0.2, -0.15) is 10.5 Å². The fraction of sp³-hybridized carbons (Fsp3) is 0.367. The number of hydrogen-bond donors (Lipinski definition) is 1. The highest BCUT2D eigenvalue weighted by Crippen LogP contribution is 2.54. The zero-order chi connectivity index (χ0) is 28.5. The van der Waals surface area contributed by atoms with Crippen LogP contribution in [0, 0.1) is 45.7 Å². The third-order valence-corrected chi connectivity index (χ3v) is 7.94. The number of benzene rings is 2. The van der Waals surface area contributed by atoms with Gasteiger partial charge in [-0.1, -0.05) is 56.1 Å². The molecule has 4 atom stereocenters. The minimum atomic E-state index is -1.60. The summed E-state index contributed by atoms with van der Waals surface area (Å²) in [4.78, 5) is 15.3. The van der Waals surface area contributed by atoms with E-state index in [-0.39, 0.29) is 34.0 Å². The van der Waals surface area contributed by atoms with Crippen molar-refractivity contribution >= 4 is 34.9 Å². The van der Waals surface area contributed by atoms with E-state index in [2.05, 4.69) is 11.4 Å². The van der Waals surface area contributed by atoms with Crippen LogP contribution in [0.2, 0.25) is 5.02 Å². The van der Waals surface area contributed by atoms with Gasteiger partial charge in [-0.15, -0.1) is 0 Å². The molecule has 5 nitrogen and oxygen atoms in total. The smallest absolute Gasteiger partial charge is 0.319 e. The summed E-state index contributed by atoms with van der Waals surface area (Å²) in [5.41, 5.74) is -0.974. The van der Waals surface area contributed by atoms with Crippen LogP contribution in [0.25, 0.3) is 0 Å². The molecule has 0 spiro atoms. The van der Waals surface area contributed by atoms with E-state index >= 15 is 8.78 Å². The van der Waals surface area contributed by atoms with Gasteiger partial charge in [0.2, 0.25) is 0 Å². The number of carbonyl (C=O) groups is 1. The minimum absolute atomic E-state index is 0.0702. The Kier molecular flexibility index (Phi) is 8.07. The maximum atomic E-state index is 15.7. The third kappa shape index (κ3) is 5.53. The van der Waals surface area contributed by atoms with Crippen molar-refractivity contribution in [2.45, 2.75) is 45.1 Å². The Morgan fingerprint density at radius 2 is 1.85 bits per heavy atom. The predicted molar refractivity (Wildman–Crippen MR) is 148 cm³/mol. The number of anilines is 1. The SMILES string of the molecule is CC(C)(C)C[C@@H]1CN(C(=O)Nc2ccc(C#N)cc2)[C@H](C2CC=CC(Cl)=C2F)[C@@]1(C#N)c1ccc(Cl)cc1F. The van der Waals surface area contributed by atoms with Crippen LogP contribution in [0.15, 0.2) is 65.5 Å². The molecule has 1 unspecified atom stereocenters. The number of urea groups is 1. The highest BCUT2D eigenvalue weighted by Gasteiger charge is 2.61. The van der Waals surface area contributed by atoms with Gasteiger partial charge >= 0.3 is 6.03 Å². The first kappa shape index (κ1) is 28.6. The van der Waals surface area contributed by atoms with E-state index in [1.165, 1.54) is 23.1 Å². The molecule has 1 fully saturated rings. The van der Waals surface area contributed by atoms with Gasteiger partial charge in [-0.25, -0.2) is 13.6 Å². The van der Waals surface area contributed by atoms with Crippen molar-refractivity contribution in [3.05, 3.63) is 87.4 Å². The first-order chi connectivity index (χ1) is 18.4.